The third kappa shape index (κ3) is 5.18. The van der Waals surface area contributed by atoms with E-state index in [4.69, 9.17) is 5.84 Å². The molecule has 0 fully saturated rings. The van der Waals surface area contributed by atoms with Gasteiger partial charge < -0.3 is 16.5 Å². The predicted molar refractivity (Wildman–Crippen MR) is 126 cm³/mol. The lowest BCUT2D eigenvalue weighted by Gasteiger charge is -2.11. The summed E-state index contributed by atoms with van der Waals surface area (Å²) in [7, 11) is 0. The lowest BCUT2D eigenvalue weighted by molar-refractivity contribution is -0.113. The fraction of sp³-hybridized carbons (Fsp3) is 0.0435. The minimum atomic E-state index is -0.476. The first kappa shape index (κ1) is 22.0. The molecule has 166 valence electrons. The highest BCUT2D eigenvalue weighted by Gasteiger charge is 2.17. The maximum Gasteiger partial charge on any atom is 0.257 e. The van der Waals surface area contributed by atoms with Crippen LogP contribution in [0.5, 0.6) is 0 Å². The van der Waals surface area contributed by atoms with Crippen molar-refractivity contribution in [2.45, 2.75) is 5.16 Å². The van der Waals surface area contributed by atoms with Crippen molar-refractivity contribution in [1.82, 2.24) is 14.9 Å². The van der Waals surface area contributed by atoms with Crippen LogP contribution in [0, 0.1) is 5.82 Å². The van der Waals surface area contributed by atoms with Gasteiger partial charge in [0.1, 0.15) is 5.82 Å². The first-order valence-electron chi connectivity index (χ1n) is 9.86. The fourth-order valence-corrected chi connectivity index (χ4v) is 3.68. The molecule has 4 rings (SSSR count). The monoisotopic (exact) mass is 462 g/mol. The SMILES string of the molecule is Nn1c(SCC(=O)Nc2ccccc2C(=O)Nc2ccccc2)nnc1-c1ccccc1F. The van der Waals surface area contributed by atoms with Gasteiger partial charge in [0.15, 0.2) is 5.82 Å². The molecule has 0 saturated carbocycles. The van der Waals surface area contributed by atoms with Gasteiger partial charge in [0, 0.05) is 5.69 Å². The topological polar surface area (TPSA) is 115 Å². The van der Waals surface area contributed by atoms with Gasteiger partial charge in [0.2, 0.25) is 11.1 Å². The Morgan fingerprint density at radius 1 is 0.909 bits per heavy atom. The van der Waals surface area contributed by atoms with Crippen molar-refractivity contribution >= 4 is 35.0 Å². The molecule has 0 aliphatic heterocycles. The molecule has 3 aromatic carbocycles. The highest BCUT2D eigenvalue weighted by atomic mass is 32.2. The lowest BCUT2D eigenvalue weighted by atomic mass is 10.1. The standard InChI is InChI=1S/C23H19FN6O2S/c24-18-12-6-4-10-16(18)21-28-29-23(30(21)25)33-14-20(31)27-19-13-7-5-11-17(19)22(32)26-15-8-2-1-3-9-15/h1-13H,14,25H2,(H,26,32)(H,27,31). The van der Waals surface area contributed by atoms with Crippen LogP contribution in [0.15, 0.2) is 84.0 Å². The Morgan fingerprint density at radius 2 is 1.61 bits per heavy atom. The second kappa shape index (κ2) is 9.96. The number of nitrogen functional groups attached to an aromatic ring is 1. The van der Waals surface area contributed by atoms with Crippen LogP contribution >= 0.6 is 11.8 Å². The first-order valence-corrected chi connectivity index (χ1v) is 10.8. The van der Waals surface area contributed by atoms with Gasteiger partial charge in [-0.25, -0.2) is 9.07 Å². The quantitative estimate of drug-likeness (QED) is 0.284. The molecule has 0 spiro atoms. The van der Waals surface area contributed by atoms with Crippen LogP contribution in [-0.2, 0) is 4.79 Å². The van der Waals surface area contributed by atoms with E-state index in [1.165, 1.54) is 6.07 Å². The normalized spacial score (nSPS) is 10.6. The van der Waals surface area contributed by atoms with Crippen molar-refractivity contribution in [3.05, 3.63) is 90.2 Å². The Balaban J connectivity index is 1.41. The summed E-state index contributed by atoms with van der Waals surface area (Å²) in [4.78, 5) is 25.2. The van der Waals surface area contributed by atoms with Crippen LogP contribution in [0.25, 0.3) is 11.4 Å². The van der Waals surface area contributed by atoms with Gasteiger partial charge in [0.05, 0.1) is 22.6 Å². The number of aromatic nitrogens is 3. The first-order chi connectivity index (χ1) is 16.0. The maximum absolute atomic E-state index is 14.0. The average molecular weight is 463 g/mol. The summed E-state index contributed by atoms with van der Waals surface area (Å²) in [6.45, 7) is 0. The summed E-state index contributed by atoms with van der Waals surface area (Å²) in [5.74, 6) is 4.92. The smallest absolute Gasteiger partial charge is 0.257 e. The zero-order valence-corrected chi connectivity index (χ0v) is 18.1. The Kier molecular flexibility index (Phi) is 6.65. The highest BCUT2D eigenvalue weighted by Crippen LogP contribution is 2.24. The third-order valence-corrected chi connectivity index (χ3v) is 5.53. The summed E-state index contributed by atoms with van der Waals surface area (Å²) >= 11 is 1.04. The zero-order valence-electron chi connectivity index (χ0n) is 17.2. The van der Waals surface area contributed by atoms with E-state index in [1.807, 2.05) is 18.2 Å². The van der Waals surface area contributed by atoms with Gasteiger partial charge in [-0.3, -0.25) is 9.59 Å². The molecule has 10 heteroatoms. The van der Waals surface area contributed by atoms with Gasteiger partial charge in [-0.2, -0.15) is 0 Å². The van der Waals surface area contributed by atoms with Crippen LogP contribution in [0.2, 0.25) is 0 Å². The van der Waals surface area contributed by atoms with Crippen molar-refractivity contribution in [2.24, 2.45) is 0 Å². The number of nitrogens with two attached hydrogens (primary N) is 1. The maximum atomic E-state index is 14.0. The van der Waals surface area contributed by atoms with Crippen molar-refractivity contribution < 1.29 is 14.0 Å². The van der Waals surface area contributed by atoms with E-state index < -0.39 is 5.82 Å². The van der Waals surface area contributed by atoms with Crippen LogP contribution in [-0.4, -0.2) is 32.4 Å². The van der Waals surface area contributed by atoms with Gasteiger partial charge in [-0.15, -0.1) is 10.2 Å². The number of hydrogen-bond acceptors (Lipinski definition) is 6. The molecule has 1 heterocycles. The minimum absolute atomic E-state index is 0.0404. The Labute approximate surface area is 193 Å². The minimum Gasteiger partial charge on any atom is -0.335 e. The van der Waals surface area contributed by atoms with E-state index in [-0.39, 0.29) is 34.1 Å². The molecule has 0 radical (unpaired) electrons. The number of thioether (sulfide) groups is 1. The van der Waals surface area contributed by atoms with E-state index >= 15 is 0 Å². The Bertz CT molecular complexity index is 1300. The molecular formula is C23H19FN6O2S. The molecule has 2 amide bonds. The fourth-order valence-electron chi connectivity index (χ4n) is 3.03. The number of hydrogen-bond donors (Lipinski definition) is 3. The number of benzene rings is 3. The number of amides is 2. The highest BCUT2D eigenvalue weighted by molar-refractivity contribution is 7.99. The number of carbonyl (C=O) groups is 2. The molecule has 1 aromatic heterocycles. The van der Waals surface area contributed by atoms with Crippen molar-refractivity contribution in [2.75, 3.05) is 22.2 Å². The van der Waals surface area contributed by atoms with Gasteiger partial charge >= 0.3 is 0 Å². The molecule has 0 bridgehead atoms. The molecule has 4 aromatic rings. The molecular weight excluding hydrogens is 443 g/mol. The molecule has 0 atom stereocenters. The Morgan fingerprint density at radius 3 is 2.39 bits per heavy atom. The molecule has 33 heavy (non-hydrogen) atoms. The van der Waals surface area contributed by atoms with Crippen molar-refractivity contribution in [1.29, 1.82) is 0 Å². The summed E-state index contributed by atoms with van der Waals surface area (Å²) in [6.07, 6.45) is 0. The molecule has 0 aliphatic rings. The van der Waals surface area contributed by atoms with Crippen LogP contribution in [0.1, 0.15) is 10.4 Å². The molecule has 0 unspecified atom stereocenters. The second-order valence-corrected chi connectivity index (χ2v) is 7.80. The number of halogens is 1. The van der Waals surface area contributed by atoms with Crippen molar-refractivity contribution in [3.8, 4) is 11.4 Å². The Hall–Kier alpha value is -4.18. The number of nitrogens with one attached hydrogen (secondary N) is 2. The van der Waals surface area contributed by atoms with E-state index in [0.717, 1.165) is 16.4 Å². The van der Waals surface area contributed by atoms with E-state index in [9.17, 15) is 14.0 Å². The number of nitrogens with zero attached hydrogens (tertiary/aromatic N) is 3. The second-order valence-electron chi connectivity index (χ2n) is 6.86. The molecule has 0 saturated heterocycles. The summed E-state index contributed by atoms with van der Waals surface area (Å²) < 4.78 is 15.2. The number of anilines is 2. The van der Waals surface area contributed by atoms with Gasteiger partial charge in [-0.1, -0.05) is 54.2 Å². The lowest BCUT2D eigenvalue weighted by Crippen LogP contribution is -2.20. The largest absolute Gasteiger partial charge is 0.335 e. The van der Waals surface area contributed by atoms with Crippen molar-refractivity contribution in [3.63, 3.8) is 0 Å². The van der Waals surface area contributed by atoms with Gasteiger partial charge in [-0.05, 0) is 36.4 Å². The summed E-state index contributed by atoms with van der Waals surface area (Å²) in [6, 6.07) is 21.8. The molecule has 4 N–H and O–H groups in total. The summed E-state index contributed by atoms with van der Waals surface area (Å²) in [5, 5.41) is 13.7. The summed E-state index contributed by atoms with van der Waals surface area (Å²) in [5.41, 5.74) is 1.55. The zero-order chi connectivity index (χ0) is 23.2. The predicted octanol–water partition coefficient (Wildman–Crippen LogP) is 3.78. The average Bonchev–Trinajstić information content (AvgIpc) is 3.19. The van der Waals surface area contributed by atoms with Crippen LogP contribution in [0.3, 0.4) is 0 Å². The van der Waals surface area contributed by atoms with E-state index in [2.05, 4.69) is 20.8 Å². The van der Waals surface area contributed by atoms with Crippen LogP contribution < -0.4 is 16.5 Å². The van der Waals surface area contributed by atoms with Crippen LogP contribution in [0.4, 0.5) is 15.8 Å². The number of para-hydroxylation sites is 2. The molecule has 8 nitrogen and oxygen atoms in total. The van der Waals surface area contributed by atoms with E-state index in [1.54, 1.807) is 54.6 Å². The number of carbonyl (C=O) groups excluding carboxylic acids is 2. The third-order valence-electron chi connectivity index (χ3n) is 4.59. The van der Waals surface area contributed by atoms with Gasteiger partial charge in [0.25, 0.3) is 5.91 Å². The number of rotatable bonds is 7. The molecule has 0 aliphatic carbocycles. The van der Waals surface area contributed by atoms with E-state index in [0.29, 0.717) is 16.9 Å².